The summed E-state index contributed by atoms with van der Waals surface area (Å²) in [7, 11) is 0. The Balaban J connectivity index is 1.38. The molecule has 0 amide bonds. The van der Waals surface area contributed by atoms with Crippen molar-refractivity contribution in [2.75, 3.05) is 13.3 Å². The van der Waals surface area contributed by atoms with Gasteiger partial charge in [0.15, 0.2) is 0 Å². The average Bonchev–Trinajstić information content (AvgIpc) is 3.30. The molecule has 1 aromatic heterocycles. The third-order valence-corrected chi connectivity index (χ3v) is 5.86. The first-order valence-corrected chi connectivity index (χ1v) is 9.86. The fourth-order valence-corrected chi connectivity index (χ4v) is 4.40. The highest BCUT2D eigenvalue weighted by atomic mass is 32.1. The van der Waals surface area contributed by atoms with E-state index in [-0.39, 0.29) is 12.6 Å². The minimum absolute atomic E-state index is 0.180. The van der Waals surface area contributed by atoms with E-state index in [0.717, 1.165) is 4.88 Å². The lowest BCUT2D eigenvalue weighted by Gasteiger charge is -2.17. The summed E-state index contributed by atoms with van der Waals surface area (Å²) in [6.07, 6.45) is 0.464. The number of hydrogen-bond donors (Lipinski definition) is 2. The van der Waals surface area contributed by atoms with Crippen LogP contribution in [0.3, 0.4) is 0 Å². The van der Waals surface area contributed by atoms with Crippen LogP contribution in [0.2, 0.25) is 0 Å². The van der Waals surface area contributed by atoms with Gasteiger partial charge in [-0.3, -0.25) is 10.1 Å². The molecule has 2 aromatic carbocycles. The molecule has 0 unspecified atom stereocenters. The molecule has 5 heteroatoms. The Morgan fingerprint density at radius 1 is 1.04 bits per heavy atom. The summed E-state index contributed by atoms with van der Waals surface area (Å²) in [4.78, 5) is 12.5. The molecular weight excluding hydrogens is 358 g/mol. The molecule has 4 nitrogen and oxygen atoms in total. The first-order chi connectivity index (χ1) is 13.2. The van der Waals surface area contributed by atoms with Crippen molar-refractivity contribution >= 4 is 17.3 Å². The van der Waals surface area contributed by atoms with Gasteiger partial charge in [-0.1, -0.05) is 54.6 Å². The monoisotopic (exact) mass is 379 g/mol. The maximum atomic E-state index is 11.5. The topological polar surface area (TPSA) is 58.6 Å². The van der Waals surface area contributed by atoms with E-state index in [9.17, 15) is 9.90 Å². The van der Waals surface area contributed by atoms with E-state index >= 15 is 0 Å². The lowest BCUT2D eigenvalue weighted by Crippen LogP contribution is -2.39. The van der Waals surface area contributed by atoms with Crippen molar-refractivity contribution in [1.29, 1.82) is 0 Å². The number of aliphatic carboxylic acids is 1. The van der Waals surface area contributed by atoms with Crippen molar-refractivity contribution < 1.29 is 14.6 Å². The summed E-state index contributed by atoms with van der Waals surface area (Å²) in [6.45, 7) is 0.732. The van der Waals surface area contributed by atoms with E-state index in [1.54, 1.807) is 11.3 Å². The molecule has 27 heavy (non-hydrogen) atoms. The molecule has 4 rings (SSSR count). The minimum atomic E-state index is -0.858. The second-order valence-corrected chi connectivity index (χ2v) is 7.65. The van der Waals surface area contributed by atoms with E-state index < -0.39 is 12.0 Å². The van der Waals surface area contributed by atoms with Gasteiger partial charge in [-0.25, -0.2) is 0 Å². The molecule has 0 radical (unpaired) electrons. The van der Waals surface area contributed by atoms with Crippen LogP contribution < -0.4 is 5.32 Å². The molecule has 1 heterocycles. The molecule has 1 aliphatic carbocycles. The maximum absolute atomic E-state index is 11.5. The van der Waals surface area contributed by atoms with Gasteiger partial charge in [0.05, 0.1) is 13.3 Å². The first kappa shape index (κ1) is 17.9. The quantitative estimate of drug-likeness (QED) is 0.457. The largest absolute Gasteiger partial charge is 0.480 e. The van der Waals surface area contributed by atoms with Gasteiger partial charge in [-0.15, -0.1) is 11.3 Å². The van der Waals surface area contributed by atoms with Gasteiger partial charge >= 0.3 is 5.97 Å². The number of fused-ring (bicyclic) bond motifs is 3. The smallest absolute Gasteiger partial charge is 0.321 e. The number of nitrogens with one attached hydrogen (secondary N) is 1. The number of benzene rings is 2. The zero-order chi connectivity index (χ0) is 18.6. The number of ether oxygens (including phenoxy) is 1. The predicted molar refractivity (Wildman–Crippen MR) is 107 cm³/mol. The number of carbonyl (C=O) groups is 1. The average molecular weight is 379 g/mol. The van der Waals surface area contributed by atoms with Crippen LogP contribution in [-0.4, -0.2) is 30.5 Å². The summed E-state index contributed by atoms with van der Waals surface area (Å²) in [5.74, 6) is -0.677. The third kappa shape index (κ3) is 3.81. The highest BCUT2D eigenvalue weighted by molar-refractivity contribution is 7.09. The maximum Gasteiger partial charge on any atom is 0.321 e. The molecule has 0 fully saturated rings. The Morgan fingerprint density at radius 2 is 1.70 bits per heavy atom. The SMILES string of the molecule is O=C(O)[C@H](Cc1cccs1)NCOCC1c2ccccc2-c2ccccc21. The van der Waals surface area contributed by atoms with Crippen LogP contribution in [0.25, 0.3) is 11.1 Å². The summed E-state index contributed by atoms with van der Waals surface area (Å²) in [5, 5.41) is 14.4. The number of rotatable bonds is 8. The minimum Gasteiger partial charge on any atom is -0.480 e. The predicted octanol–water partition coefficient (Wildman–Crippen LogP) is 4.12. The molecule has 2 N–H and O–H groups in total. The second kappa shape index (κ2) is 8.05. The molecule has 0 aliphatic heterocycles. The summed E-state index contributed by atoms with van der Waals surface area (Å²) >= 11 is 1.57. The second-order valence-electron chi connectivity index (χ2n) is 6.62. The fourth-order valence-electron chi connectivity index (χ4n) is 3.65. The molecule has 0 bridgehead atoms. The van der Waals surface area contributed by atoms with E-state index in [1.807, 2.05) is 17.5 Å². The van der Waals surface area contributed by atoms with Crippen LogP contribution in [0.15, 0.2) is 66.0 Å². The number of carboxylic acids is 1. The van der Waals surface area contributed by atoms with E-state index in [4.69, 9.17) is 4.74 Å². The molecule has 1 aliphatic rings. The van der Waals surface area contributed by atoms with Crippen molar-refractivity contribution in [3.05, 3.63) is 82.0 Å². The highest BCUT2D eigenvalue weighted by Gasteiger charge is 2.28. The first-order valence-electron chi connectivity index (χ1n) is 8.98. The van der Waals surface area contributed by atoms with E-state index in [2.05, 4.69) is 53.8 Å². The Morgan fingerprint density at radius 3 is 2.30 bits per heavy atom. The zero-order valence-corrected chi connectivity index (χ0v) is 15.6. The number of carboxylic acid groups (broad SMARTS) is 1. The fraction of sp³-hybridized carbons (Fsp3) is 0.227. The molecule has 0 saturated heterocycles. The van der Waals surface area contributed by atoms with Crippen LogP contribution in [0.5, 0.6) is 0 Å². The van der Waals surface area contributed by atoms with Crippen molar-refractivity contribution in [2.45, 2.75) is 18.4 Å². The Hall–Kier alpha value is -2.47. The molecule has 138 valence electrons. The highest BCUT2D eigenvalue weighted by Crippen LogP contribution is 2.44. The van der Waals surface area contributed by atoms with Crippen LogP contribution in [0.4, 0.5) is 0 Å². The Kier molecular flexibility index (Phi) is 5.34. The van der Waals surface area contributed by atoms with Crippen LogP contribution in [0.1, 0.15) is 21.9 Å². The van der Waals surface area contributed by atoms with Crippen LogP contribution in [-0.2, 0) is 16.0 Å². The van der Waals surface area contributed by atoms with Crippen molar-refractivity contribution in [3.8, 4) is 11.1 Å². The van der Waals surface area contributed by atoms with Gasteiger partial charge in [-0.2, -0.15) is 0 Å². The van der Waals surface area contributed by atoms with Crippen LogP contribution >= 0.6 is 11.3 Å². The summed E-state index contributed by atoms with van der Waals surface area (Å²) in [6, 6.07) is 20.1. The lowest BCUT2D eigenvalue weighted by molar-refractivity contribution is -0.140. The number of hydrogen-bond acceptors (Lipinski definition) is 4. The van der Waals surface area contributed by atoms with Gasteiger partial charge < -0.3 is 9.84 Å². The molecule has 0 saturated carbocycles. The summed E-state index contributed by atoms with van der Waals surface area (Å²) in [5.41, 5.74) is 5.06. The van der Waals surface area contributed by atoms with E-state index in [1.165, 1.54) is 22.3 Å². The van der Waals surface area contributed by atoms with Crippen molar-refractivity contribution in [1.82, 2.24) is 5.32 Å². The molecule has 0 spiro atoms. The Labute approximate surface area is 162 Å². The lowest BCUT2D eigenvalue weighted by atomic mass is 9.98. The van der Waals surface area contributed by atoms with Crippen LogP contribution in [0, 0.1) is 0 Å². The number of thiophene rings is 1. The van der Waals surface area contributed by atoms with Gasteiger partial charge in [-0.05, 0) is 33.7 Å². The van der Waals surface area contributed by atoms with Gasteiger partial charge in [0.1, 0.15) is 6.04 Å². The molecule has 3 aromatic rings. The van der Waals surface area contributed by atoms with Crippen molar-refractivity contribution in [2.24, 2.45) is 0 Å². The standard InChI is InChI=1S/C22H21NO3S/c24-22(25)21(12-15-6-5-11-27-15)23-14-26-13-20-18-9-3-1-7-16(18)17-8-2-4-10-19(17)20/h1-11,20-21,23H,12-14H2,(H,24,25)/t21-/m0/s1. The Bertz CT molecular complexity index is 877. The normalized spacial score (nSPS) is 13.9. The molecule has 1 atom stereocenters. The summed E-state index contributed by atoms with van der Waals surface area (Å²) < 4.78 is 5.86. The van der Waals surface area contributed by atoms with Gasteiger partial charge in [0.25, 0.3) is 0 Å². The van der Waals surface area contributed by atoms with Crippen molar-refractivity contribution in [3.63, 3.8) is 0 Å². The molecular formula is C22H21NO3S. The zero-order valence-electron chi connectivity index (χ0n) is 14.8. The van der Waals surface area contributed by atoms with E-state index in [0.29, 0.717) is 13.0 Å². The third-order valence-electron chi connectivity index (χ3n) is 4.96. The van der Waals surface area contributed by atoms with Gasteiger partial charge in [0, 0.05) is 17.2 Å². The van der Waals surface area contributed by atoms with Gasteiger partial charge in [0.2, 0.25) is 0 Å².